The molecule has 1 amide bonds. The van der Waals surface area contributed by atoms with Gasteiger partial charge >= 0.3 is 0 Å². The average Bonchev–Trinajstić information content (AvgIpc) is 3.33. The number of amides is 1. The first-order valence-corrected chi connectivity index (χ1v) is 10.5. The number of hydrogen-bond acceptors (Lipinski definition) is 3. The monoisotopic (exact) mass is 432 g/mol. The van der Waals surface area contributed by atoms with Crippen molar-refractivity contribution in [1.29, 1.82) is 0 Å². The fourth-order valence-electron chi connectivity index (χ4n) is 3.48. The average molecular weight is 433 g/mol. The van der Waals surface area contributed by atoms with Crippen LogP contribution in [-0.4, -0.2) is 29.7 Å². The van der Waals surface area contributed by atoms with E-state index in [9.17, 15) is 4.79 Å². The van der Waals surface area contributed by atoms with Crippen molar-refractivity contribution >= 4 is 43.4 Å². The third-order valence-corrected chi connectivity index (χ3v) is 6.57. The lowest BCUT2D eigenvalue weighted by Gasteiger charge is -2.14. The first kappa shape index (κ1) is 17.8. The van der Waals surface area contributed by atoms with E-state index >= 15 is 0 Å². The molecule has 6 heteroatoms. The Hall–Kier alpha value is -1.63. The van der Waals surface area contributed by atoms with Gasteiger partial charge in [0.15, 0.2) is 0 Å². The van der Waals surface area contributed by atoms with E-state index in [-0.39, 0.29) is 12.0 Å². The zero-order chi connectivity index (χ0) is 18.1. The number of nitrogens with one attached hydrogen (secondary N) is 1. The molecular weight excluding hydrogens is 412 g/mol. The Morgan fingerprint density at radius 1 is 1.42 bits per heavy atom. The summed E-state index contributed by atoms with van der Waals surface area (Å²) in [5.74, 6) is -0.0385. The Balaban J connectivity index is 1.64. The Labute approximate surface area is 165 Å². The van der Waals surface area contributed by atoms with Gasteiger partial charge in [-0.25, -0.2) is 0 Å². The maximum absolute atomic E-state index is 12.9. The van der Waals surface area contributed by atoms with Gasteiger partial charge in [0.25, 0.3) is 5.91 Å². The molecule has 4 nitrogen and oxygen atoms in total. The molecule has 2 aromatic heterocycles. The Kier molecular flexibility index (Phi) is 5.16. The Morgan fingerprint density at radius 2 is 2.31 bits per heavy atom. The molecule has 3 aromatic rings. The smallest absolute Gasteiger partial charge is 0.268 e. The molecule has 1 N–H and O–H groups in total. The van der Waals surface area contributed by atoms with Crippen molar-refractivity contribution in [3.8, 4) is 0 Å². The van der Waals surface area contributed by atoms with Crippen molar-refractivity contribution in [1.82, 2.24) is 9.88 Å². The maximum atomic E-state index is 12.9. The summed E-state index contributed by atoms with van der Waals surface area (Å²) < 4.78 is 9.87. The fraction of sp³-hybridized carbons (Fsp3) is 0.350. The SMILES string of the molecule is Cc1cccc(Cn2c(C(=O)NCC3CCCO3)cc3scc(Br)c32)c1. The van der Waals surface area contributed by atoms with Crippen molar-refractivity contribution in [2.45, 2.75) is 32.4 Å². The van der Waals surface area contributed by atoms with Crippen LogP contribution in [0, 0.1) is 6.92 Å². The van der Waals surface area contributed by atoms with Crippen LogP contribution in [0.15, 0.2) is 40.2 Å². The summed E-state index contributed by atoms with van der Waals surface area (Å²) in [4.78, 5) is 12.9. The number of aryl methyl sites for hydroxylation is 1. The van der Waals surface area contributed by atoms with E-state index in [2.05, 4.69) is 62.4 Å². The molecule has 136 valence electrons. The van der Waals surface area contributed by atoms with Crippen molar-refractivity contribution < 1.29 is 9.53 Å². The van der Waals surface area contributed by atoms with Crippen molar-refractivity contribution in [3.63, 3.8) is 0 Å². The van der Waals surface area contributed by atoms with Crippen LogP contribution in [0.4, 0.5) is 0 Å². The highest BCUT2D eigenvalue weighted by Gasteiger charge is 2.21. The molecule has 1 aromatic carbocycles. The molecule has 0 radical (unpaired) electrons. The van der Waals surface area contributed by atoms with E-state index in [0.717, 1.165) is 34.1 Å². The van der Waals surface area contributed by atoms with Gasteiger partial charge in [-0.2, -0.15) is 0 Å². The molecule has 26 heavy (non-hydrogen) atoms. The highest BCUT2D eigenvalue weighted by molar-refractivity contribution is 9.10. The van der Waals surface area contributed by atoms with Gasteiger partial charge in [-0.15, -0.1) is 11.3 Å². The molecule has 0 saturated carbocycles. The number of benzene rings is 1. The third kappa shape index (κ3) is 3.59. The number of halogens is 1. The number of ether oxygens (including phenoxy) is 1. The van der Waals surface area contributed by atoms with Crippen LogP contribution in [0.1, 0.15) is 34.5 Å². The van der Waals surface area contributed by atoms with Gasteiger partial charge in [-0.3, -0.25) is 4.79 Å². The second-order valence-electron chi connectivity index (χ2n) is 6.75. The number of aromatic nitrogens is 1. The van der Waals surface area contributed by atoms with Crippen molar-refractivity contribution in [2.75, 3.05) is 13.2 Å². The Bertz CT molecular complexity index is 941. The fourth-order valence-corrected chi connectivity index (χ4v) is 5.17. The van der Waals surface area contributed by atoms with Crippen LogP contribution >= 0.6 is 27.3 Å². The number of carbonyl (C=O) groups is 1. The minimum absolute atomic E-state index is 0.0385. The first-order valence-electron chi connectivity index (χ1n) is 8.83. The predicted octanol–water partition coefficient (Wildman–Crippen LogP) is 4.73. The number of rotatable bonds is 5. The minimum atomic E-state index is -0.0385. The van der Waals surface area contributed by atoms with Gasteiger partial charge in [-0.1, -0.05) is 29.8 Å². The standard InChI is InChI=1S/C20H21BrN2O2S/c1-13-4-2-5-14(8-13)11-23-17(9-18-19(23)16(21)12-26-18)20(24)22-10-15-6-3-7-25-15/h2,4-5,8-9,12,15H,3,6-7,10-11H2,1H3,(H,22,24). The lowest BCUT2D eigenvalue weighted by Crippen LogP contribution is -2.33. The van der Waals surface area contributed by atoms with Gasteiger partial charge in [0, 0.05) is 25.1 Å². The largest absolute Gasteiger partial charge is 0.376 e. The topological polar surface area (TPSA) is 43.3 Å². The number of carbonyl (C=O) groups excluding carboxylic acids is 1. The molecule has 1 fully saturated rings. The van der Waals surface area contributed by atoms with E-state index in [4.69, 9.17) is 4.74 Å². The van der Waals surface area contributed by atoms with Crippen LogP contribution < -0.4 is 5.32 Å². The van der Waals surface area contributed by atoms with Crippen LogP contribution in [-0.2, 0) is 11.3 Å². The predicted molar refractivity (Wildman–Crippen MR) is 109 cm³/mol. The second kappa shape index (κ2) is 7.55. The van der Waals surface area contributed by atoms with Gasteiger partial charge in [-0.05, 0) is 47.3 Å². The summed E-state index contributed by atoms with van der Waals surface area (Å²) >= 11 is 5.29. The molecule has 1 saturated heterocycles. The molecule has 3 heterocycles. The lowest BCUT2D eigenvalue weighted by atomic mass is 10.1. The van der Waals surface area contributed by atoms with Crippen LogP contribution in [0.3, 0.4) is 0 Å². The molecule has 1 atom stereocenters. The molecule has 1 aliphatic heterocycles. The summed E-state index contributed by atoms with van der Waals surface area (Å²) in [6, 6.07) is 10.4. The van der Waals surface area contributed by atoms with Crippen molar-refractivity contribution in [3.05, 3.63) is 57.0 Å². The van der Waals surface area contributed by atoms with E-state index in [0.29, 0.717) is 18.8 Å². The summed E-state index contributed by atoms with van der Waals surface area (Å²) in [6.45, 7) is 4.13. The third-order valence-electron chi connectivity index (χ3n) is 4.75. The van der Waals surface area contributed by atoms with Gasteiger partial charge < -0.3 is 14.6 Å². The van der Waals surface area contributed by atoms with E-state index < -0.39 is 0 Å². The number of hydrogen-bond donors (Lipinski definition) is 1. The molecule has 0 spiro atoms. The van der Waals surface area contributed by atoms with Gasteiger partial charge in [0.2, 0.25) is 0 Å². The van der Waals surface area contributed by atoms with Crippen molar-refractivity contribution in [2.24, 2.45) is 0 Å². The first-order chi connectivity index (χ1) is 12.6. The molecule has 4 rings (SSSR count). The van der Waals surface area contributed by atoms with E-state index in [1.807, 2.05) is 6.07 Å². The quantitative estimate of drug-likeness (QED) is 0.632. The van der Waals surface area contributed by atoms with Crippen LogP contribution in [0.2, 0.25) is 0 Å². The van der Waals surface area contributed by atoms with Crippen LogP contribution in [0.25, 0.3) is 10.2 Å². The zero-order valence-electron chi connectivity index (χ0n) is 14.6. The number of fused-ring (bicyclic) bond motifs is 1. The van der Waals surface area contributed by atoms with Gasteiger partial charge in [0.05, 0.1) is 20.8 Å². The minimum Gasteiger partial charge on any atom is -0.376 e. The number of thiophene rings is 1. The molecule has 0 bridgehead atoms. The molecule has 1 unspecified atom stereocenters. The van der Waals surface area contributed by atoms with E-state index in [1.54, 1.807) is 11.3 Å². The normalized spacial score (nSPS) is 17.1. The summed E-state index contributed by atoms with van der Waals surface area (Å²) in [6.07, 6.45) is 2.24. The van der Waals surface area contributed by atoms with Crippen LogP contribution in [0.5, 0.6) is 0 Å². The zero-order valence-corrected chi connectivity index (χ0v) is 17.0. The lowest BCUT2D eigenvalue weighted by molar-refractivity contribution is 0.0851. The summed E-state index contributed by atoms with van der Waals surface area (Å²) in [7, 11) is 0. The molecule has 1 aliphatic rings. The highest BCUT2D eigenvalue weighted by Crippen LogP contribution is 2.34. The summed E-state index contributed by atoms with van der Waals surface area (Å²) in [5, 5.41) is 5.13. The molecule has 0 aliphatic carbocycles. The maximum Gasteiger partial charge on any atom is 0.268 e. The van der Waals surface area contributed by atoms with E-state index in [1.165, 1.54) is 11.1 Å². The van der Waals surface area contributed by atoms with Gasteiger partial charge in [0.1, 0.15) is 5.69 Å². The number of nitrogens with zero attached hydrogens (tertiary/aromatic N) is 1. The second-order valence-corrected chi connectivity index (χ2v) is 8.51. The summed E-state index contributed by atoms with van der Waals surface area (Å²) in [5.41, 5.74) is 4.19. The Morgan fingerprint density at radius 3 is 3.08 bits per heavy atom. The molecular formula is C20H21BrN2O2S. The highest BCUT2D eigenvalue weighted by atomic mass is 79.9.